The van der Waals surface area contributed by atoms with E-state index in [4.69, 9.17) is 27.9 Å². The highest BCUT2D eigenvalue weighted by Gasteiger charge is 2.15. The molecule has 0 aliphatic carbocycles. The second-order valence-electron chi connectivity index (χ2n) is 4.01. The number of amides is 1. The van der Waals surface area contributed by atoms with E-state index in [1.807, 2.05) is 13.8 Å². The zero-order valence-electron chi connectivity index (χ0n) is 11.0. The highest BCUT2D eigenvalue weighted by Crippen LogP contribution is 2.28. The molecule has 4 nitrogen and oxygen atoms in total. The molecule has 1 amide bonds. The first-order valence-corrected chi connectivity index (χ1v) is 6.64. The fourth-order valence-electron chi connectivity index (χ4n) is 1.14. The van der Waals surface area contributed by atoms with Crippen LogP contribution in [0.25, 0.3) is 0 Å². The van der Waals surface area contributed by atoms with E-state index >= 15 is 0 Å². The number of hydrazone groups is 1. The molecule has 0 saturated heterocycles. The maximum Gasteiger partial charge on any atom is 0.280 e. The second-order valence-corrected chi connectivity index (χ2v) is 4.86. The Kier molecular flexibility index (Phi) is 6.12. The van der Waals surface area contributed by atoms with Crippen LogP contribution in [0, 0.1) is 0 Å². The topological polar surface area (TPSA) is 50.7 Å². The van der Waals surface area contributed by atoms with Crippen molar-refractivity contribution in [3.8, 4) is 5.75 Å². The van der Waals surface area contributed by atoms with E-state index < -0.39 is 6.10 Å². The van der Waals surface area contributed by atoms with Crippen LogP contribution in [0.2, 0.25) is 10.0 Å². The van der Waals surface area contributed by atoms with Crippen molar-refractivity contribution >= 4 is 34.8 Å². The van der Waals surface area contributed by atoms with Crippen LogP contribution in [-0.2, 0) is 4.79 Å². The van der Waals surface area contributed by atoms with Crippen LogP contribution < -0.4 is 10.2 Å². The van der Waals surface area contributed by atoms with E-state index in [1.165, 1.54) is 0 Å². The summed E-state index contributed by atoms with van der Waals surface area (Å²) in [4.78, 5) is 11.7. The van der Waals surface area contributed by atoms with E-state index in [-0.39, 0.29) is 5.91 Å². The molecule has 0 saturated carbocycles. The van der Waals surface area contributed by atoms with Crippen molar-refractivity contribution in [3.05, 3.63) is 28.2 Å². The number of halogens is 2. The van der Waals surface area contributed by atoms with Crippen molar-refractivity contribution in [2.75, 3.05) is 0 Å². The zero-order valence-corrected chi connectivity index (χ0v) is 12.5. The quantitative estimate of drug-likeness (QED) is 0.666. The summed E-state index contributed by atoms with van der Waals surface area (Å²) in [6.07, 6.45) is 0.0745. The Morgan fingerprint density at radius 2 is 2.16 bits per heavy atom. The molecule has 0 fully saturated rings. The molecule has 19 heavy (non-hydrogen) atoms. The van der Waals surface area contributed by atoms with Gasteiger partial charge in [0.05, 0.1) is 5.02 Å². The predicted octanol–water partition coefficient (Wildman–Crippen LogP) is 3.66. The maximum absolute atomic E-state index is 11.7. The van der Waals surface area contributed by atoms with Gasteiger partial charge < -0.3 is 4.74 Å². The molecule has 1 aromatic rings. The summed E-state index contributed by atoms with van der Waals surface area (Å²) in [5.41, 5.74) is 3.28. The van der Waals surface area contributed by atoms with E-state index in [0.717, 1.165) is 12.1 Å². The molecule has 0 radical (unpaired) electrons. The summed E-state index contributed by atoms with van der Waals surface area (Å²) in [5, 5.41) is 4.80. The average molecular weight is 303 g/mol. The number of ether oxygens (including phenoxy) is 1. The van der Waals surface area contributed by atoms with Gasteiger partial charge in [-0.15, -0.1) is 0 Å². The standard InChI is InChI=1S/C13H16Cl2N2O2/c1-4-8(2)16-17-13(18)9(3)19-12-6-5-10(14)7-11(12)15/h5-7,9H,4H2,1-3H3,(H,17,18)/b16-8-/t9-/m0/s1. The monoisotopic (exact) mass is 302 g/mol. The number of carbonyl (C=O) groups excluding carboxylic acids is 1. The first kappa shape index (κ1) is 15.8. The number of nitrogens with zero attached hydrogens (tertiary/aromatic N) is 1. The molecule has 1 atom stereocenters. The Balaban J connectivity index is 2.63. The lowest BCUT2D eigenvalue weighted by molar-refractivity contribution is -0.127. The normalized spacial score (nSPS) is 13.0. The van der Waals surface area contributed by atoms with Crippen molar-refractivity contribution < 1.29 is 9.53 Å². The summed E-state index contributed by atoms with van der Waals surface area (Å²) in [5.74, 6) is 0.0729. The molecule has 1 aromatic carbocycles. The van der Waals surface area contributed by atoms with Gasteiger partial charge in [0.25, 0.3) is 5.91 Å². The molecule has 0 aliphatic heterocycles. The number of benzene rings is 1. The molecule has 0 aliphatic rings. The molecule has 1 N–H and O–H groups in total. The van der Waals surface area contributed by atoms with Gasteiger partial charge in [-0.05, 0) is 38.5 Å². The minimum absolute atomic E-state index is 0.334. The van der Waals surface area contributed by atoms with Gasteiger partial charge in [-0.1, -0.05) is 30.1 Å². The SMILES string of the molecule is CC/C(C)=N\NC(=O)[C@H](C)Oc1ccc(Cl)cc1Cl. The average Bonchev–Trinajstić information content (AvgIpc) is 2.38. The van der Waals surface area contributed by atoms with E-state index in [0.29, 0.717) is 15.8 Å². The summed E-state index contributed by atoms with van der Waals surface area (Å²) in [6, 6.07) is 4.82. The zero-order chi connectivity index (χ0) is 14.4. The molecular formula is C13H16Cl2N2O2. The number of rotatable bonds is 5. The molecular weight excluding hydrogens is 287 g/mol. The molecule has 1 rings (SSSR count). The summed E-state index contributed by atoms with van der Waals surface area (Å²) < 4.78 is 5.46. The molecule has 0 aromatic heterocycles. The first-order valence-electron chi connectivity index (χ1n) is 5.88. The highest BCUT2D eigenvalue weighted by atomic mass is 35.5. The molecule has 104 valence electrons. The Labute approximate surface area is 122 Å². The first-order chi connectivity index (χ1) is 8.93. The molecule has 0 spiro atoms. The third kappa shape index (κ3) is 5.09. The van der Waals surface area contributed by atoms with Crippen molar-refractivity contribution in [2.24, 2.45) is 5.10 Å². The van der Waals surface area contributed by atoms with Gasteiger partial charge in [0.2, 0.25) is 0 Å². The third-order valence-electron chi connectivity index (χ3n) is 2.44. The van der Waals surface area contributed by atoms with Gasteiger partial charge >= 0.3 is 0 Å². The van der Waals surface area contributed by atoms with Crippen LogP contribution in [0.15, 0.2) is 23.3 Å². The van der Waals surface area contributed by atoms with Gasteiger partial charge in [0.1, 0.15) is 5.75 Å². The highest BCUT2D eigenvalue weighted by molar-refractivity contribution is 6.35. The van der Waals surface area contributed by atoms with Crippen LogP contribution in [-0.4, -0.2) is 17.7 Å². The molecule has 0 unspecified atom stereocenters. The van der Waals surface area contributed by atoms with Gasteiger partial charge in [0, 0.05) is 10.7 Å². The molecule has 0 heterocycles. The van der Waals surface area contributed by atoms with Gasteiger partial charge in [-0.25, -0.2) is 5.43 Å². The smallest absolute Gasteiger partial charge is 0.280 e. The van der Waals surface area contributed by atoms with Crippen molar-refractivity contribution in [3.63, 3.8) is 0 Å². The van der Waals surface area contributed by atoms with E-state index in [9.17, 15) is 4.79 Å². The van der Waals surface area contributed by atoms with Crippen molar-refractivity contribution in [2.45, 2.75) is 33.3 Å². The Hall–Kier alpha value is -1.26. The largest absolute Gasteiger partial charge is 0.479 e. The summed E-state index contributed by atoms with van der Waals surface area (Å²) in [7, 11) is 0. The Morgan fingerprint density at radius 1 is 1.47 bits per heavy atom. The lowest BCUT2D eigenvalue weighted by atomic mass is 10.3. The van der Waals surface area contributed by atoms with Crippen LogP contribution in [0.3, 0.4) is 0 Å². The fraction of sp³-hybridized carbons (Fsp3) is 0.385. The Morgan fingerprint density at radius 3 is 2.74 bits per heavy atom. The fourth-order valence-corrected chi connectivity index (χ4v) is 1.59. The van der Waals surface area contributed by atoms with Gasteiger partial charge in [-0.3, -0.25) is 4.79 Å². The third-order valence-corrected chi connectivity index (χ3v) is 2.97. The predicted molar refractivity (Wildman–Crippen MR) is 78.1 cm³/mol. The lowest BCUT2D eigenvalue weighted by Gasteiger charge is -2.14. The minimum atomic E-state index is -0.702. The molecule has 0 bridgehead atoms. The number of hydrogen-bond acceptors (Lipinski definition) is 3. The van der Waals surface area contributed by atoms with Crippen molar-refractivity contribution in [1.82, 2.24) is 5.43 Å². The van der Waals surface area contributed by atoms with Crippen LogP contribution in [0.4, 0.5) is 0 Å². The number of carbonyl (C=O) groups is 1. The van der Waals surface area contributed by atoms with Crippen LogP contribution >= 0.6 is 23.2 Å². The van der Waals surface area contributed by atoms with E-state index in [1.54, 1.807) is 25.1 Å². The molecule has 6 heteroatoms. The van der Waals surface area contributed by atoms with Gasteiger partial charge in [0.15, 0.2) is 6.10 Å². The second kappa shape index (κ2) is 7.36. The van der Waals surface area contributed by atoms with Crippen molar-refractivity contribution in [1.29, 1.82) is 0 Å². The van der Waals surface area contributed by atoms with Crippen LogP contribution in [0.1, 0.15) is 27.2 Å². The number of nitrogens with one attached hydrogen (secondary N) is 1. The van der Waals surface area contributed by atoms with Gasteiger partial charge in [-0.2, -0.15) is 5.10 Å². The minimum Gasteiger partial charge on any atom is -0.479 e. The number of hydrogen-bond donors (Lipinski definition) is 1. The van der Waals surface area contributed by atoms with E-state index in [2.05, 4.69) is 10.5 Å². The van der Waals surface area contributed by atoms with Crippen LogP contribution in [0.5, 0.6) is 5.75 Å². The lowest BCUT2D eigenvalue weighted by Crippen LogP contribution is -2.33. The summed E-state index contributed by atoms with van der Waals surface area (Å²) >= 11 is 11.7. The summed E-state index contributed by atoms with van der Waals surface area (Å²) in [6.45, 7) is 5.41. The maximum atomic E-state index is 11.7. The Bertz CT molecular complexity index is 490.